The minimum Gasteiger partial charge on any atom is -0.329 e. The van der Waals surface area contributed by atoms with Crippen molar-refractivity contribution in [2.45, 2.75) is 36.7 Å². The minimum atomic E-state index is 0.614. The Balaban J connectivity index is 2.24. The summed E-state index contributed by atoms with van der Waals surface area (Å²) in [5.41, 5.74) is 5.54. The Morgan fingerprint density at radius 1 is 1.73 bits per heavy atom. The Morgan fingerprint density at radius 3 is 3.09 bits per heavy atom. The van der Waals surface area contributed by atoms with Gasteiger partial charge in [-0.1, -0.05) is 19.1 Å². The molecule has 2 atom stereocenters. The zero-order valence-corrected chi connectivity index (χ0v) is 7.94. The van der Waals surface area contributed by atoms with Gasteiger partial charge < -0.3 is 5.73 Å². The van der Waals surface area contributed by atoms with Gasteiger partial charge in [-0.2, -0.15) is 0 Å². The lowest BCUT2D eigenvalue weighted by Gasteiger charge is -2.18. The van der Waals surface area contributed by atoms with Crippen LogP contribution in [0.5, 0.6) is 0 Å². The topological polar surface area (TPSA) is 26.0 Å². The van der Waals surface area contributed by atoms with E-state index in [4.69, 9.17) is 5.73 Å². The molecule has 0 aromatic heterocycles. The number of rotatable bonds is 3. The highest BCUT2D eigenvalue weighted by Gasteiger charge is 2.11. The normalized spacial score (nSPS) is 26.9. The van der Waals surface area contributed by atoms with Crippen molar-refractivity contribution in [1.29, 1.82) is 0 Å². The van der Waals surface area contributed by atoms with Crippen LogP contribution in [0.1, 0.15) is 26.2 Å². The molecule has 0 bridgehead atoms. The van der Waals surface area contributed by atoms with Gasteiger partial charge in [-0.25, -0.2) is 0 Å². The van der Waals surface area contributed by atoms with Gasteiger partial charge in [0.2, 0.25) is 0 Å². The van der Waals surface area contributed by atoms with Gasteiger partial charge >= 0.3 is 0 Å². The van der Waals surface area contributed by atoms with E-state index in [1.807, 2.05) is 11.8 Å². The summed E-state index contributed by atoms with van der Waals surface area (Å²) in [5, 5.41) is 1.35. The fraction of sp³-hybridized carbons (Fsp3) is 0.778. The van der Waals surface area contributed by atoms with Crippen molar-refractivity contribution in [3.63, 3.8) is 0 Å². The van der Waals surface area contributed by atoms with Gasteiger partial charge in [-0.05, 0) is 19.3 Å². The van der Waals surface area contributed by atoms with E-state index >= 15 is 0 Å². The fourth-order valence-electron chi connectivity index (χ4n) is 1.25. The minimum absolute atomic E-state index is 0.614. The molecule has 0 heterocycles. The van der Waals surface area contributed by atoms with E-state index < -0.39 is 0 Å². The van der Waals surface area contributed by atoms with Crippen LogP contribution in [-0.2, 0) is 0 Å². The van der Waals surface area contributed by atoms with Gasteiger partial charge in [0.25, 0.3) is 0 Å². The summed E-state index contributed by atoms with van der Waals surface area (Å²) in [6, 6.07) is 0. The number of hydrogen-bond acceptors (Lipinski definition) is 2. The summed E-state index contributed by atoms with van der Waals surface area (Å²) in [6.07, 6.45) is 8.59. The smallest absolute Gasteiger partial charge is 0.0230 e. The number of nitrogens with two attached hydrogens (primary N) is 1. The van der Waals surface area contributed by atoms with E-state index in [1.165, 1.54) is 19.3 Å². The first-order valence-electron chi connectivity index (χ1n) is 4.35. The maximum atomic E-state index is 5.54. The van der Waals surface area contributed by atoms with E-state index in [2.05, 4.69) is 19.1 Å². The van der Waals surface area contributed by atoms with Crippen molar-refractivity contribution in [3.05, 3.63) is 12.2 Å². The van der Waals surface area contributed by atoms with Crippen LogP contribution in [0.3, 0.4) is 0 Å². The molecule has 0 fully saturated rings. The van der Waals surface area contributed by atoms with Gasteiger partial charge in [0.1, 0.15) is 0 Å². The zero-order chi connectivity index (χ0) is 8.10. The standard InChI is InChI=1S/C9H17NS/c1-8(7-10)11-9-5-3-2-4-6-9/h3,5,8-9H,2,4,6-7,10H2,1H3. The maximum Gasteiger partial charge on any atom is 0.0230 e. The maximum absolute atomic E-state index is 5.54. The van der Waals surface area contributed by atoms with E-state index in [0.717, 1.165) is 11.8 Å². The summed E-state index contributed by atoms with van der Waals surface area (Å²) in [5.74, 6) is 0. The van der Waals surface area contributed by atoms with Crippen LogP contribution in [-0.4, -0.2) is 17.0 Å². The third kappa shape index (κ3) is 3.30. The highest BCUT2D eigenvalue weighted by molar-refractivity contribution is 8.00. The molecule has 0 spiro atoms. The molecule has 1 rings (SSSR count). The van der Waals surface area contributed by atoms with Crippen LogP contribution >= 0.6 is 11.8 Å². The fourth-order valence-corrected chi connectivity index (χ4v) is 2.46. The molecule has 2 unspecified atom stereocenters. The first-order valence-corrected chi connectivity index (χ1v) is 5.29. The Hall–Kier alpha value is 0.0500. The molecule has 0 saturated carbocycles. The molecule has 1 nitrogen and oxygen atoms in total. The SMILES string of the molecule is CC(CN)SC1C=CCCC1. The molecule has 0 aliphatic heterocycles. The van der Waals surface area contributed by atoms with Crippen LogP contribution in [0.4, 0.5) is 0 Å². The van der Waals surface area contributed by atoms with Crippen LogP contribution in [0, 0.1) is 0 Å². The summed E-state index contributed by atoms with van der Waals surface area (Å²) in [7, 11) is 0. The first-order chi connectivity index (χ1) is 5.33. The molecule has 0 saturated heterocycles. The lowest BCUT2D eigenvalue weighted by Crippen LogP contribution is -2.17. The number of thioether (sulfide) groups is 1. The second kappa shape index (κ2) is 4.83. The average molecular weight is 171 g/mol. The molecule has 0 aromatic carbocycles. The highest BCUT2D eigenvalue weighted by Crippen LogP contribution is 2.25. The average Bonchev–Trinajstić information content (AvgIpc) is 2.06. The van der Waals surface area contributed by atoms with E-state index in [9.17, 15) is 0 Å². The van der Waals surface area contributed by atoms with E-state index in [1.54, 1.807) is 0 Å². The van der Waals surface area contributed by atoms with E-state index in [-0.39, 0.29) is 0 Å². The predicted molar refractivity (Wildman–Crippen MR) is 52.9 cm³/mol. The largest absolute Gasteiger partial charge is 0.329 e. The zero-order valence-electron chi connectivity index (χ0n) is 7.12. The molecular weight excluding hydrogens is 154 g/mol. The summed E-state index contributed by atoms with van der Waals surface area (Å²) >= 11 is 2.01. The highest BCUT2D eigenvalue weighted by atomic mass is 32.2. The Bertz CT molecular complexity index is 134. The number of allylic oxidation sites excluding steroid dienone is 1. The van der Waals surface area contributed by atoms with Crippen molar-refractivity contribution in [2.24, 2.45) is 5.73 Å². The Labute approximate surface area is 73.4 Å². The van der Waals surface area contributed by atoms with Crippen LogP contribution in [0.25, 0.3) is 0 Å². The molecule has 1 aliphatic carbocycles. The third-order valence-corrected chi connectivity index (χ3v) is 3.35. The quantitative estimate of drug-likeness (QED) is 0.659. The van der Waals surface area contributed by atoms with Crippen molar-refractivity contribution in [3.8, 4) is 0 Å². The third-order valence-electron chi connectivity index (χ3n) is 1.95. The van der Waals surface area contributed by atoms with Gasteiger partial charge in [0.05, 0.1) is 0 Å². The van der Waals surface area contributed by atoms with Gasteiger partial charge in [0, 0.05) is 17.0 Å². The second-order valence-electron chi connectivity index (χ2n) is 3.08. The van der Waals surface area contributed by atoms with Crippen LogP contribution < -0.4 is 5.73 Å². The van der Waals surface area contributed by atoms with Crippen LogP contribution in [0.2, 0.25) is 0 Å². The molecular formula is C9H17NS. The lowest BCUT2D eigenvalue weighted by molar-refractivity contribution is 0.737. The first kappa shape index (κ1) is 9.14. The van der Waals surface area contributed by atoms with Gasteiger partial charge in [-0.3, -0.25) is 0 Å². The Kier molecular flexibility index (Phi) is 4.02. The molecule has 0 radical (unpaired) electrons. The Morgan fingerprint density at radius 2 is 2.55 bits per heavy atom. The lowest BCUT2D eigenvalue weighted by atomic mass is 10.1. The molecule has 0 amide bonds. The second-order valence-corrected chi connectivity index (χ2v) is 4.76. The molecule has 1 aliphatic rings. The molecule has 2 heteroatoms. The summed E-state index contributed by atoms with van der Waals surface area (Å²) in [6.45, 7) is 3.00. The number of hydrogen-bond donors (Lipinski definition) is 1. The molecule has 0 aromatic rings. The van der Waals surface area contributed by atoms with E-state index in [0.29, 0.717) is 5.25 Å². The molecule has 2 N–H and O–H groups in total. The van der Waals surface area contributed by atoms with Gasteiger partial charge in [-0.15, -0.1) is 11.8 Å². The molecule has 64 valence electrons. The van der Waals surface area contributed by atoms with Crippen molar-refractivity contribution in [2.75, 3.05) is 6.54 Å². The van der Waals surface area contributed by atoms with Crippen molar-refractivity contribution < 1.29 is 0 Å². The van der Waals surface area contributed by atoms with Crippen molar-refractivity contribution in [1.82, 2.24) is 0 Å². The van der Waals surface area contributed by atoms with Crippen molar-refractivity contribution >= 4 is 11.8 Å². The van der Waals surface area contributed by atoms with Gasteiger partial charge in [0.15, 0.2) is 0 Å². The predicted octanol–water partition coefficient (Wildman–Crippen LogP) is 2.18. The molecule has 11 heavy (non-hydrogen) atoms. The monoisotopic (exact) mass is 171 g/mol. The summed E-state index contributed by atoms with van der Waals surface area (Å²) < 4.78 is 0. The summed E-state index contributed by atoms with van der Waals surface area (Å²) in [4.78, 5) is 0. The van der Waals surface area contributed by atoms with Crippen LogP contribution in [0.15, 0.2) is 12.2 Å².